The number of benzene rings is 2. The summed E-state index contributed by atoms with van der Waals surface area (Å²) in [6.45, 7) is 0.573. The molecule has 0 saturated carbocycles. The van der Waals surface area contributed by atoms with Crippen LogP contribution in [-0.2, 0) is 6.54 Å². The van der Waals surface area contributed by atoms with Gasteiger partial charge in [-0.1, -0.05) is 0 Å². The van der Waals surface area contributed by atoms with Crippen molar-refractivity contribution >= 4 is 22.8 Å². The van der Waals surface area contributed by atoms with E-state index >= 15 is 0 Å². The van der Waals surface area contributed by atoms with E-state index in [1.807, 2.05) is 48.5 Å². The Bertz CT molecular complexity index is 1090. The minimum absolute atomic E-state index is 0.455. The van der Waals surface area contributed by atoms with Gasteiger partial charge in [-0.15, -0.1) is 11.6 Å². The van der Waals surface area contributed by atoms with Gasteiger partial charge < -0.3 is 9.47 Å². The number of aryl methyl sites for hydroxylation is 1. The van der Waals surface area contributed by atoms with Gasteiger partial charge in [0.25, 0.3) is 0 Å². The van der Waals surface area contributed by atoms with Crippen molar-refractivity contribution in [3.05, 3.63) is 54.7 Å². The van der Waals surface area contributed by atoms with Gasteiger partial charge in [0.05, 0.1) is 38.3 Å². The number of halogens is 1. The van der Waals surface area contributed by atoms with Crippen LogP contribution in [0.25, 0.3) is 33.7 Å². The minimum Gasteiger partial charge on any atom is -0.497 e. The number of hydrogen-bond acceptors (Lipinski definition) is 5. The lowest BCUT2D eigenvalue weighted by Gasteiger charge is -2.11. The third-order valence-corrected chi connectivity index (χ3v) is 4.66. The number of methoxy groups -OCH3 is 2. The Labute approximate surface area is 167 Å². The molecule has 0 amide bonds. The van der Waals surface area contributed by atoms with E-state index in [0.717, 1.165) is 39.5 Å². The summed E-state index contributed by atoms with van der Waals surface area (Å²) in [5.41, 5.74) is 4.89. The van der Waals surface area contributed by atoms with Crippen molar-refractivity contribution < 1.29 is 9.47 Å². The van der Waals surface area contributed by atoms with E-state index in [2.05, 4.69) is 5.10 Å². The van der Waals surface area contributed by atoms with Gasteiger partial charge in [-0.05, 0) is 48.5 Å². The first kappa shape index (κ1) is 18.3. The number of nitrogens with zero attached hydrogens (tertiary/aromatic N) is 4. The standard InChI is InChI=1S/C21H19ClN4O2/c1-27-16-7-3-14(4-8-16)19-20(15-5-9-17(28-2)10-6-15)25-21-18(24-19)13-23-26(21)12-11-22/h3-10,13H,11-12H2,1-2H3. The second-order valence-corrected chi connectivity index (χ2v) is 6.52. The van der Waals surface area contributed by atoms with Gasteiger partial charge in [-0.3, -0.25) is 0 Å². The van der Waals surface area contributed by atoms with Crippen molar-refractivity contribution in [3.63, 3.8) is 0 Å². The Balaban J connectivity index is 1.92. The molecule has 0 aliphatic heterocycles. The van der Waals surface area contributed by atoms with Crippen LogP contribution in [-0.4, -0.2) is 39.8 Å². The van der Waals surface area contributed by atoms with E-state index < -0.39 is 0 Å². The molecule has 0 spiro atoms. The average molecular weight is 395 g/mol. The molecule has 7 heteroatoms. The molecule has 0 atom stereocenters. The van der Waals surface area contributed by atoms with E-state index in [0.29, 0.717) is 18.1 Å². The summed E-state index contributed by atoms with van der Waals surface area (Å²) < 4.78 is 12.3. The van der Waals surface area contributed by atoms with Crippen molar-refractivity contribution in [2.45, 2.75) is 6.54 Å². The molecule has 0 N–H and O–H groups in total. The van der Waals surface area contributed by atoms with Crippen LogP contribution in [0.5, 0.6) is 11.5 Å². The number of fused-ring (bicyclic) bond motifs is 1. The molecule has 2 aromatic carbocycles. The van der Waals surface area contributed by atoms with Crippen LogP contribution >= 0.6 is 11.6 Å². The van der Waals surface area contributed by atoms with Gasteiger partial charge in [0.15, 0.2) is 5.65 Å². The molecule has 0 unspecified atom stereocenters. The largest absolute Gasteiger partial charge is 0.497 e. The molecule has 0 aliphatic carbocycles. The SMILES string of the molecule is COc1ccc(-c2nc3cnn(CCCl)c3nc2-c2ccc(OC)cc2)cc1. The van der Waals surface area contributed by atoms with E-state index in [-0.39, 0.29) is 0 Å². The Kier molecular flexibility index (Phi) is 5.12. The molecule has 2 aromatic heterocycles. The maximum absolute atomic E-state index is 5.90. The Morgan fingerprint density at radius 3 is 1.86 bits per heavy atom. The quantitative estimate of drug-likeness (QED) is 0.453. The summed E-state index contributed by atoms with van der Waals surface area (Å²) in [7, 11) is 3.29. The van der Waals surface area contributed by atoms with Gasteiger partial charge >= 0.3 is 0 Å². The third-order valence-electron chi connectivity index (χ3n) is 4.49. The zero-order valence-electron chi connectivity index (χ0n) is 15.6. The molecule has 0 bridgehead atoms. The van der Waals surface area contributed by atoms with Crippen molar-refractivity contribution in [3.8, 4) is 34.0 Å². The summed E-state index contributed by atoms with van der Waals surface area (Å²) >= 11 is 5.90. The Morgan fingerprint density at radius 1 is 0.821 bits per heavy atom. The molecule has 0 radical (unpaired) electrons. The fraction of sp³-hybridized carbons (Fsp3) is 0.190. The van der Waals surface area contributed by atoms with E-state index in [1.54, 1.807) is 25.1 Å². The molecular weight excluding hydrogens is 376 g/mol. The highest BCUT2D eigenvalue weighted by molar-refractivity contribution is 6.17. The Morgan fingerprint density at radius 2 is 1.36 bits per heavy atom. The topological polar surface area (TPSA) is 62.1 Å². The van der Waals surface area contributed by atoms with Crippen LogP contribution in [0.4, 0.5) is 0 Å². The fourth-order valence-corrected chi connectivity index (χ4v) is 3.20. The molecule has 4 aromatic rings. The number of rotatable bonds is 6. The maximum Gasteiger partial charge on any atom is 0.177 e. The van der Waals surface area contributed by atoms with E-state index in [9.17, 15) is 0 Å². The lowest BCUT2D eigenvalue weighted by Crippen LogP contribution is -2.03. The summed E-state index contributed by atoms with van der Waals surface area (Å²) in [5, 5.41) is 4.38. The Hall–Kier alpha value is -3.12. The van der Waals surface area contributed by atoms with Crippen LogP contribution < -0.4 is 9.47 Å². The highest BCUT2D eigenvalue weighted by atomic mass is 35.5. The van der Waals surface area contributed by atoms with Crippen LogP contribution in [0.3, 0.4) is 0 Å². The first-order chi connectivity index (χ1) is 13.7. The number of hydrogen-bond donors (Lipinski definition) is 0. The van der Waals surface area contributed by atoms with Gasteiger partial charge in [0, 0.05) is 17.0 Å². The zero-order valence-corrected chi connectivity index (χ0v) is 16.3. The predicted octanol–water partition coefficient (Wildman–Crippen LogP) is 4.42. The minimum atomic E-state index is 0.455. The number of alkyl halides is 1. The normalized spacial score (nSPS) is 11.0. The van der Waals surface area contributed by atoms with E-state index in [4.69, 9.17) is 31.0 Å². The monoisotopic (exact) mass is 394 g/mol. The molecular formula is C21H19ClN4O2. The first-order valence-corrected chi connectivity index (χ1v) is 9.35. The summed E-state index contributed by atoms with van der Waals surface area (Å²) in [5.74, 6) is 2.03. The highest BCUT2D eigenvalue weighted by Crippen LogP contribution is 2.32. The van der Waals surface area contributed by atoms with Crippen molar-refractivity contribution in [2.24, 2.45) is 0 Å². The van der Waals surface area contributed by atoms with Crippen molar-refractivity contribution in [1.82, 2.24) is 19.7 Å². The molecule has 0 fully saturated rings. The van der Waals surface area contributed by atoms with Gasteiger partial charge in [0.2, 0.25) is 0 Å². The fourth-order valence-electron chi connectivity index (χ4n) is 3.04. The number of ether oxygens (including phenoxy) is 2. The molecule has 2 heterocycles. The van der Waals surface area contributed by atoms with Crippen LogP contribution in [0.15, 0.2) is 54.7 Å². The maximum atomic E-state index is 5.90. The predicted molar refractivity (Wildman–Crippen MR) is 110 cm³/mol. The molecule has 6 nitrogen and oxygen atoms in total. The third kappa shape index (κ3) is 3.39. The number of aromatic nitrogens is 4. The lowest BCUT2D eigenvalue weighted by molar-refractivity contribution is 0.414. The molecule has 0 saturated heterocycles. The second kappa shape index (κ2) is 7.86. The van der Waals surface area contributed by atoms with Crippen molar-refractivity contribution in [2.75, 3.05) is 20.1 Å². The van der Waals surface area contributed by atoms with Crippen LogP contribution in [0, 0.1) is 0 Å². The summed E-state index contributed by atoms with van der Waals surface area (Å²) in [6.07, 6.45) is 1.72. The zero-order chi connectivity index (χ0) is 19.5. The van der Waals surface area contributed by atoms with Gasteiger partial charge in [0.1, 0.15) is 17.0 Å². The molecule has 0 aliphatic rings. The van der Waals surface area contributed by atoms with Gasteiger partial charge in [-0.2, -0.15) is 5.10 Å². The molecule has 28 heavy (non-hydrogen) atoms. The molecule has 4 rings (SSSR count). The second-order valence-electron chi connectivity index (χ2n) is 6.14. The molecule has 142 valence electrons. The van der Waals surface area contributed by atoms with E-state index in [1.165, 1.54) is 0 Å². The smallest absolute Gasteiger partial charge is 0.177 e. The first-order valence-electron chi connectivity index (χ1n) is 8.82. The lowest BCUT2D eigenvalue weighted by atomic mass is 10.0. The average Bonchev–Trinajstić information content (AvgIpc) is 3.15. The van der Waals surface area contributed by atoms with Crippen LogP contribution in [0.2, 0.25) is 0 Å². The van der Waals surface area contributed by atoms with Crippen LogP contribution in [0.1, 0.15) is 0 Å². The van der Waals surface area contributed by atoms with Gasteiger partial charge in [-0.25, -0.2) is 14.6 Å². The summed E-state index contributed by atoms with van der Waals surface area (Å²) in [6, 6.07) is 15.6. The van der Waals surface area contributed by atoms with Crippen molar-refractivity contribution in [1.29, 1.82) is 0 Å². The summed E-state index contributed by atoms with van der Waals surface area (Å²) in [4.78, 5) is 9.77. The highest BCUT2D eigenvalue weighted by Gasteiger charge is 2.16.